The second-order valence-corrected chi connectivity index (χ2v) is 8.21. The minimum absolute atomic E-state index is 0.211. The minimum atomic E-state index is -6.13. The number of methoxy groups -OCH3 is 2. The van der Waals surface area contributed by atoms with Gasteiger partial charge in [-0.15, -0.1) is 0 Å². The summed E-state index contributed by atoms with van der Waals surface area (Å²) in [4.78, 5) is -0.237. The van der Waals surface area contributed by atoms with Crippen molar-refractivity contribution in [2.45, 2.75) is 22.8 Å². The normalized spacial score (nSPS) is 13.1. The van der Waals surface area contributed by atoms with Crippen molar-refractivity contribution in [3.05, 3.63) is 48.0 Å². The molecular weight excluding hydrogens is 456 g/mol. The quantitative estimate of drug-likeness (QED) is 0.646. The van der Waals surface area contributed by atoms with Gasteiger partial charge in [-0.2, -0.15) is 26.3 Å². The van der Waals surface area contributed by atoms with E-state index in [2.05, 4.69) is 4.74 Å². The van der Waals surface area contributed by atoms with Crippen LogP contribution in [-0.4, -0.2) is 47.1 Å². The molecular formula is C18H17F6NO5S. The lowest BCUT2D eigenvalue weighted by Crippen LogP contribution is -2.54. The Bertz CT molecular complexity index is 1040. The maximum Gasteiger partial charge on any atom is 0.430 e. The molecule has 0 saturated carbocycles. The van der Waals surface area contributed by atoms with Gasteiger partial charge in [0.25, 0.3) is 15.6 Å². The Morgan fingerprint density at radius 3 is 1.97 bits per heavy atom. The molecule has 0 heterocycles. The standard InChI is InChI=1S/C18H17F6NO5S/c1-25(31(27,28)13-6-4-5-12(10-13)29-2)11-7-8-14(15(9-11)30-3)16(26,17(19,20)21)18(22,23)24/h4-10,26H,1-3H3. The Balaban J connectivity index is 2.61. The van der Waals surface area contributed by atoms with Gasteiger partial charge in [-0.25, -0.2) is 8.42 Å². The molecule has 0 aliphatic heterocycles. The van der Waals surface area contributed by atoms with Gasteiger partial charge in [-0.3, -0.25) is 4.31 Å². The zero-order valence-electron chi connectivity index (χ0n) is 16.2. The van der Waals surface area contributed by atoms with Gasteiger partial charge in [0, 0.05) is 24.7 Å². The molecule has 2 rings (SSSR count). The molecule has 0 aliphatic carbocycles. The molecule has 2 aromatic carbocycles. The van der Waals surface area contributed by atoms with Gasteiger partial charge < -0.3 is 14.6 Å². The number of hydrogen-bond donors (Lipinski definition) is 1. The number of nitrogens with zero attached hydrogens (tertiary/aromatic N) is 1. The van der Waals surface area contributed by atoms with Crippen molar-refractivity contribution in [2.24, 2.45) is 0 Å². The van der Waals surface area contributed by atoms with Gasteiger partial charge in [0.15, 0.2) is 0 Å². The number of hydrogen-bond acceptors (Lipinski definition) is 5. The minimum Gasteiger partial charge on any atom is -0.497 e. The Morgan fingerprint density at radius 2 is 1.48 bits per heavy atom. The molecule has 1 N–H and O–H groups in total. The number of rotatable bonds is 6. The number of ether oxygens (including phenoxy) is 2. The maximum absolute atomic E-state index is 13.2. The predicted molar refractivity (Wildman–Crippen MR) is 97.6 cm³/mol. The largest absolute Gasteiger partial charge is 0.497 e. The Morgan fingerprint density at radius 1 is 0.903 bits per heavy atom. The van der Waals surface area contributed by atoms with E-state index >= 15 is 0 Å². The van der Waals surface area contributed by atoms with Crippen molar-refractivity contribution in [3.63, 3.8) is 0 Å². The highest BCUT2D eigenvalue weighted by Gasteiger charge is 2.72. The molecule has 13 heteroatoms. The lowest BCUT2D eigenvalue weighted by atomic mass is 9.91. The molecule has 0 fully saturated rings. The lowest BCUT2D eigenvalue weighted by Gasteiger charge is -2.34. The van der Waals surface area contributed by atoms with E-state index in [4.69, 9.17) is 4.74 Å². The van der Waals surface area contributed by atoms with Crippen LogP contribution in [0.1, 0.15) is 5.56 Å². The van der Waals surface area contributed by atoms with E-state index in [0.717, 1.165) is 14.2 Å². The number of anilines is 1. The fourth-order valence-electron chi connectivity index (χ4n) is 2.70. The average Bonchev–Trinajstić information content (AvgIpc) is 2.70. The third kappa shape index (κ3) is 4.24. The second-order valence-electron chi connectivity index (χ2n) is 6.24. The monoisotopic (exact) mass is 473 g/mol. The van der Waals surface area contributed by atoms with E-state index in [-0.39, 0.29) is 16.3 Å². The van der Waals surface area contributed by atoms with Crippen LogP contribution >= 0.6 is 0 Å². The van der Waals surface area contributed by atoms with Crippen LogP contribution in [0.2, 0.25) is 0 Å². The Labute approximate surface area is 173 Å². The summed E-state index contributed by atoms with van der Waals surface area (Å²) in [5, 5.41) is 9.62. The van der Waals surface area contributed by atoms with E-state index in [1.807, 2.05) is 0 Å². The molecule has 0 saturated heterocycles. The van der Waals surface area contributed by atoms with Crippen LogP contribution in [0.5, 0.6) is 11.5 Å². The summed E-state index contributed by atoms with van der Waals surface area (Å²) in [7, 11) is -1.13. The summed E-state index contributed by atoms with van der Waals surface area (Å²) in [6.07, 6.45) is -12.3. The first-order valence-electron chi connectivity index (χ1n) is 8.28. The first-order chi connectivity index (χ1) is 14.1. The van der Waals surface area contributed by atoms with Crippen LogP contribution in [-0.2, 0) is 15.6 Å². The summed E-state index contributed by atoms with van der Waals surface area (Å²) in [6.45, 7) is 0. The van der Waals surface area contributed by atoms with Crippen LogP contribution < -0.4 is 13.8 Å². The van der Waals surface area contributed by atoms with E-state index in [1.165, 1.54) is 31.4 Å². The summed E-state index contributed by atoms with van der Waals surface area (Å²) >= 11 is 0. The fraction of sp³-hybridized carbons (Fsp3) is 0.333. The van der Waals surface area contributed by atoms with Gasteiger partial charge >= 0.3 is 12.4 Å². The van der Waals surface area contributed by atoms with Crippen LogP contribution in [0, 0.1) is 0 Å². The topological polar surface area (TPSA) is 76.1 Å². The summed E-state index contributed by atoms with van der Waals surface area (Å²) in [5.41, 5.74) is -7.17. The highest BCUT2D eigenvalue weighted by atomic mass is 32.2. The highest BCUT2D eigenvalue weighted by molar-refractivity contribution is 7.92. The lowest BCUT2D eigenvalue weighted by molar-refractivity contribution is -0.376. The van der Waals surface area contributed by atoms with Gasteiger partial charge in [0.2, 0.25) is 0 Å². The fourth-order valence-corrected chi connectivity index (χ4v) is 3.92. The van der Waals surface area contributed by atoms with Crippen molar-refractivity contribution >= 4 is 15.7 Å². The predicted octanol–water partition coefficient (Wildman–Crippen LogP) is 3.84. The smallest absolute Gasteiger partial charge is 0.430 e. The van der Waals surface area contributed by atoms with Crippen molar-refractivity contribution in [2.75, 3.05) is 25.6 Å². The molecule has 0 radical (unpaired) electrons. The van der Waals surface area contributed by atoms with E-state index in [0.29, 0.717) is 22.5 Å². The van der Waals surface area contributed by atoms with E-state index in [1.54, 1.807) is 0 Å². The molecule has 0 aromatic heterocycles. The van der Waals surface area contributed by atoms with E-state index < -0.39 is 39.3 Å². The average molecular weight is 473 g/mol. The maximum atomic E-state index is 13.2. The first-order valence-corrected chi connectivity index (χ1v) is 9.72. The summed E-state index contributed by atoms with van der Waals surface area (Å²) in [6, 6.07) is 6.93. The molecule has 172 valence electrons. The molecule has 0 amide bonds. The number of aliphatic hydroxyl groups is 1. The van der Waals surface area contributed by atoms with Crippen LogP contribution in [0.4, 0.5) is 32.0 Å². The van der Waals surface area contributed by atoms with Gasteiger partial charge in [0.05, 0.1) is 24.8 Å². The number of alkyl halides is 6. The molecule has 6 nitrogen and oxygen atoms in total. The summed E-state index contributed by atoms with van der Waals surface area (Å²) < 4.78 is 115. The highest BCUT2D eigenvalue weighted by Crippen LogP contribution is 2.52. The molecule has 0 atom stereocenters. The van der Waals surface area contributed by atoms with Crippen LogP contribution in [0.25, 0.3) is 0 Å². The molecule has 0 bridgehead atoms. The second kappa shape index (κ2) is 8.11. The van der Waals surface area contributed by atoms with Crippen molar-refractivity contribution in [3.8, 4) is 11.5 Å². The Kier molecular flexibility index (Phi) is 6.44. The molecule has 0 spiro atoms. The molecule has 2 aromatic rings. The molecule has 0 unspecified atom stereocenters. The van der Waals surface area contributed by atoms with Crippen molar-refractivity contribution < 1.29 is 49.3 Å². The van der Waals surface area contributed by atoms with Gasteiger partial charge in [-0.1, -0.05) is 6.07 Å². The van der Waals surface area contributed by atoms with Crippen LogP contribution in [0.3, 0.4) is 0 Å². The Hall–Kier alpha value is -2.67. The van der Waals surface area contributed by atoms with Crippen molar-refractivity contribution in [1.29, 1.82) is 0 Å². The summed E-state index contributed by atoms with van der Waals surface area (Å²) in [5.74, 6) is -0.801. The molecule has 0 aliphatic rings. The number of benzene rings is 2. The first kappa shape index (κ1) is 24.6. The zero-order valence-corrected chi connectivity index (χ0v) is 17.1. The van der Waals surface area contributed by atoms with E-state index in [9.17, 15) is 39.9 Å². The number of sulfonamides is 1. The van der Waals surface area contributed by atoms with Crippen LogP contribution in [0.15, 0.2) is 47.4 Å². The SMILES string of the molecule is COc1cccc(S(=O)(=O)N(C)c2ccc(C(O)(C(F)(F)F)C(F)(F)F)c(OC)c2)c1. The molecule has 31 heavy (non-hydrogen) atoms. The van der Waals surface area contributed by atoms with Crippen molar-refractivity contribution in [1.82, 2.24) is 0 Å². The third-order valence-corrected chi connectivity index (χ3v) is 6.24. The zero-order chi connectivity index (χ0) is 23.8. The number of halogens is 6. The third-order valence-electron chi connectivity index (χ3n) is 4.46. The van der Waals surface area contributed by atoms with Gasteiger partial charge in [-0.05, 0) is 24.3 Å². The van der Waals surface area contributed by atoms with Gasteiger partial charge in [0.1, 0.15) is 11.5 Å².